The third-order valence-corrected chi connectivity index (χ3v) is 2.47. The molecule has 0 aliphatic carbocycles. The van der Waals surface area contributed by atoms with Gasteiger partial charge in [0.05, 0.1) is 5.56 Å². The van der Waals surface area contributed by atoms with Crippen LogP contribution in [0.5, 0.6) is 0 Å². The molecule has 0 heterocycles. The molecule has 5 heteroatoms. The highest BCUT2D eigenvalue weighted by molar-refractivity contribution is 5.77. The summed E-state index contributed by atoms with van der Waals surface area (Å²) < 4.78 is 52.5. The van der Waals surface area contributed by atoms with Gasteiger partial charge in [-0.25, -0.2) is 17.6 Å². The Labute approximate surface area is 99.7 Å². The topological polar surface area (TPSA) is 17.1 Å². The maximum absolute atomic E-state index is 13.5. The molecule has 0 unspecified atom stereocenters. The quantitative estimate of drug-likeness (QED) is 0.453. The molecule has 0 spiro atoms. The number of carbonyl (C=O) groups excluding carboxylic acids is 1. The Bertz CT molecular complexity index is 623. The molecule has 0 atom stereocenters. The molecule has 1 nitrogen and oxygen atoms in total. The molecule has 0 aromatic heterocycles. The first-order valence-corrected chi connectivity index (χ1v) is 4.93. The van der Waals surface area contributed by atoms with Crippen LogP contribution in [0.2, 0.25) is 0 Å². The molecular weight excluding hydrogens is 248 g/mol. The summed E-state index contributed by atoms with van der Waals surface area (Å²) in [6, 6.07) is 5.03. The highest BCUT2D eigenvalue weighted by atomic mass is 19.2. The van der Waals surface area contributed by atoms with Gasteiger partial charge in [-0.2, -0.15) is 0 Å². The monoisotopic (exact) mass is 254 g/mol. The maximum Gasteiger partial charge on any atom is 0.195 e. The highest BCUT2D eigenvalue weighted by Crippen LogP contribution is 2.27. The van der Waals surface area contributed by atoms with Crippen LogP contribution in [0.1, 0.15) is 10.4 Å². The van der Waals surface area contributed by atoms with Crippen LogP contribution in [0.4, 0.5) is 17.6 Å². The predicted molar refractivity (Wildman–Crippen MR) is 57.1 cm³/mol. The highest BCUT2D eigenvalue weighted by Gasteiger charge is 2.15. The van der Waals surface area contributed by atoms with Crippen LogP contribution < -0.4 is 0 Å². The fourth-order valence-electron chi connectivity index (χ4n) is 1.54. The Balaban J connectivity index is 2.59. The zero-order valence-electron chi connectivity index (χ0n) is 8.88. The van der Waals surface area contributed by atoms with E-state index in [1.165, 1.54) is 6.07 Å². The van der Waals surface area contributed by atoms with Crippen LogP contribution in [0.15, 0.2) is 30.3 Å². The Kier molecular flexibility index (Phi) is 3.14. The molecule has 0 amide bonds. The zero-order valence-corrected chi connectivity index (χ0v) is 8.88. The van der Waals surface area contributed by atoms with Crippen LogP contribution >= 0.6 is 0 Å². The Morgan fingerprint density at radius 1 is 0.833 bits per heavy atom. The Hall–Kier alpha value is -2.17. The van der Waals surface area contributed by atoms with Crippen molar-refractivity contribution in [2.24, 2.45) is 0 Å². The number of hydrogen-bond donors (Lipinski definition) is 0. The lowest BCUT2D eigenvalue weighted by Gasteiger charge is -2.06. The van der Waals surface area contributed by atoms with Gasteiger partial charge in [0.15, 0.2) is 23.7 Å². The van der Waals surface area contributed by atoms with Gasteiger partial charge in [0.1, 0.15) is 5.82 Å². The van der Waals surface area contributed by atoms with E-state index in [-0.39, 0.29) is 16.7 Å². The molecule has 92 valence electrons. The summed E-state index contributed by atoms with van der Waals surface area (Å²) in [5, 5.41) is 0. The van der Waals surface area contributed by atoms with E-state index < -0.39 is 23.3 Å². The SMILES string of the molecule is O=Cc1ccc(-c2ccc(F)c(F)c2F)cc1F. The van der Waals surface area contributed by atoms with Gasteiger partial charge in [-0.05, 0) is 29.8 Å². The van der Waals surface area contributed by atoms with E-state index in [9.17, 15) is 22.4 Å². The van der Waals surface area contributed by atoms with E-state index in [0.717, 1.165) is 24.3 Å². The second-order valence-electron chi connectivity index (χ2n) is 3.58. The van der Waals surface area contributed by atoms with Crippen molar-refractivity contribution < 1.29 is 22.4 Å². The number of halogens is 4. The molecule has 18 heavy (non-hydrogen) atoms. The fraction of sp³-hybridized carbons (Fsp3) is 0. The molecule has 2 aromatic rings. The van der Waals surface area contributed by atoms with Crippen molar-refractivity contribution in [3.63, 3.8) is 0 Å². The second-order valence-corrected chi connectivity index (χ2v) is 3.58. The average molecular weight is 254 g/mol. The van der Waals surface area contributed by atoms with Gasteiger partial charge in [-0.1, -0.05) is 6.07 Å². The number of rotatable bonds is 2. The first-order valence-electron chi connectivity index (χ1n) is 4.93. The van der Waals surface area contributed by atoms with E-state index in [1.54, 1.807) is 0 Å². The first kappa shape index (κ1) is 12.3. The molecule has 0 N–H and O–H groups in total. The third-order valence-electron chi connectivity index (χ3n) is 2.47. The maximum atomic E-state index is 13.5. The summed E-state index contributed by atoms with van der Waals surface area (Å²) in [6.07, 6.45) is 0.306. The minimum Gasteiger partial charge on any atom is -0.298 e. The summed E-state index contributed by atoms with van der Waals surface area (Å²) >= 11 is 0. The van der Waals surface area contributed by atoms with Crippen molar-refractivity contribution in [1.29, 1.82) is 0 Å². The van der Waals surface area contributed by atoms with E-state index >= 15 is 0 Å². The van der Waals surface area contributed by atoms with Crippen LogP contribution in [0, 0.1) is 23.3 Å². The Morgan fingerprint density at radius 3 is 2.17 bits per heavy atom. The molecular formula is C13H6F4O. The van der Waals surface area contributed by atoms with Crippen LogP contribution in [-0.4, -0.2) is 6.29 Å². The molecule has 0 aliphatic heterocycles. The Morgan fingerprint density at radius 2 is 1.56 bits per heavy atom. The van der Waals surface area contributed by atoms with Crippen LogP contribution in [0.25, 0.3) is 11.1 Å². The standard InChI is InChI=1S/C13H6F4O/c14-10-4-3-9(12(16)13(10)17)7-1-2-8(6-18)11(15)5-7/h1-6H. The van der Waals surface area contributed by atoms with Crippen LogP contribution in [0.3, 0.4) is 0 Å². The van der Waals surface area contributed by atoms with Crippen molar-refractivity contribution in [2.75, 3.05) is 0 Å². The van der Waals surface area contributed by atoms with Crippen molar-refractivity contribution in [3.8, 4) is 11.1 Å². The molecule has 0 saturated carbocycles. The van der Waals surface area contributed by atoms with Gasteiger partial charge in [0, 0.05) is 5.56 Å². The van der Waals surface area contributed by atoms with Gasteiger partial charge in [-0.3, -0.25) is 4.79 Å². The first-order chi connectivity index (χ1) is 8.54. The second kappa shape index (κ2) is 4.60. The minimum atomic E-state index is -1.62. The van der Waals surface area contributed by atoms with Gasteiger partial charge in [0.25, 0.3) is 0 Å². The lowest BCUT2D eigenvalue weighted by molar-refractivity contribution is 0.112. The summed E-state index contributed by atoms with van der Waals surface area (Å²) in [6.45, 7) is 0. The average Bonchev–Trinajstić information content (AvgIpc) is 2.36. The normalized spacial score (nSPS) is 10.4. The molecule has 0 aliphatic rings. The molecule has 2 rings (SSSR count). The van der Waals surface area contributed by atoms with Gasteiger partial charge < -0.3 is 0 Å². The number of hydrogen-bond acceptors (Lipinski definition) is 1. The predicted octanol–water partition coefficient (Wildman–Crippen LogP) is 3.72. The summed E-state index contributed by atoms with van der Waals surface area (Å²) in [7, 11) is 0. The molecule has 0 saturated heterocycles. The molecule has 0 bridgehead atoms. The zero-order chi connectivity index (χ0) is 13.3. The third kappa shape index (κ3) is 1.99. The van der Waals surface area contributed by atoms with E-state index in [0.29, 0.717) is 6.29 Å². The van der Waals surface area contributed by atoms with Crippen LogP contribution in [-0.2, 0) is 0 Å². The van der Waals surface area contributed by atoms with Crippen molar-refractivity contribution in [2.45, 2.75) is 0 Å². The smallest absolute Gasteiger partial charge is 0.195 e. The summed E-state index contributed by atoms with van der Waals surface area (Å²) in [4.78, 5) is 10.4. The van der Waals surface area contributed by atoms with E-state index in [2.05, 4.69) is 0 Å². The molecule has 0 fully saturated rings. The molecule has 2 aromatic carbocycles. The van der Waals surface area contributed by atoms with Crippen molar-refractivity contribution >= 4 is 6.29 Å². The van der Waals surface area contributed by atoms with Crippen molar-refractivity contribution in [1.82, 2.24) is 0 Å². The molecule has 0 radical (unpaired) electrons. The van der Waals surface area contributed by atoms with Gasteiger partial charge in [0.2, 0.25) is 0 Å². The van der Waals surface area contributed by atoms with Gasteiger partial charge >= 0.3 is 0 Å². The van der Waals surface area contributed by atoms with E-state index in [1.807, 2.05) is 0 Å². The summed E-state index contributed by atoms with van der Waals surface area (Å²) in [5.74, 6) is -5.19. The fourth-order valence-corrected chi connectivity index (χ4v) is 1.54. The van der Waals surface area contributed by atoms with Crippen molar-refractivity contribution in [3.05, 3.63) is 59.2 Å². The summed E-state index contributed by atoms with van der Waals surface area (Å²) in [5.41, 5.74) is -0.443. The number of aldehydes is 1. The van der Waals surface area contributed by atoms with E-state index in [4.69, 9.17) is 0 Å². The number of benzene rings is 2. The lowest BCUT2D eigenvalue weighted by Crippen LogP contribution is -1.95. The lowest BCUT2D eigenvalue weighted by atomic mass is 10.0. The minimum absolute atomic E-state index is 0.0227. The largest absolute Gasteiger partial charge is 0.298 e. The number of carbonyl (C=O) groups is 1. The van der Waals surface area contributed by atoms with Gasteiger partial charge in [-0.15, -0.1) is 0 Å².